The van der Waals surface area contributed by atoms with Gasteiger partial charge in [0.1, 0.15) is 0 Å². The molecule has 1 heterocycles. The molecular weight excluding hydrogens is 316 g/mol. The Kier molecular flexibility index (Phi) is 5.16. The van der Waals surface area contributed by atoms with Crippen LogP contribution in [0.2, 0.25) is 0 Å². The van der Waals surface area contributed by atoms with E-state index in [1.807, 2.05) is 29.1 Å². The molecule has 0 atom stereocenters. The van der Waals surface area contributed by atoms with Crippen LogP contribution in [0.5, 0.6) is 0 Å². The van der Waals surface area contributed by atoms with Gasteiger partial charge in [0.25, 0.3) is 0 Å². The molecule has 0 aliphatic heterocycles. The summed E-state index contributed by atoms with van der Waals surface area (Å²) < 4.78 is 1.82. The van der Waals surface area contributed by atoms with Crippen LogP contribution in [0.25, 0.3) is 0 Å². The number of amides is 2. The van der Waals surface area contributed by atoms with Crippen LogP contribution in [-0.4, -0.2) is 28.1 Å². The van der Waals surface area contributed by atoms with Crippen LogP contribution >= 0.6 is 0 Å². The normalized spacial score (nSPS) is 15.7. The zero-order valence-corrected chi connectivity index (χ0v) is 14.5. The molecule has 2 N–H and O–H groups in total. The quantitative estimate of drug-likeness (QED) is 0.822. The summed E-state index contributed by atoms with van der Waals surface area (Å²) in [5.74, 6) is -1.20. The molecule has 6 nitrogen and oxygen atoms in total. The van der Waals surface area contributed by atoms with Crippen molar-refractivity contribution in [2.24, 2.45) is 5.41 Å². The van der Waals surface area contributed by atoms with Crippen molar-refractivity contribution in [1.29, 1.82) is 0 Å². The van der Waals surface area contributed by atoms with Crippen molar-refractivity contribution in [2.45, 2.75) is 39.2 Å². The van der Waals surface area contributed by atoms with Crippen LogP contribution in [0.1, 0.15) is 38.2 Å². The highest BCUT2D eigenvalue weighted by molar-refractivity contribution is 6.39. The number of carbonyl (C=O) groups excluding carboxylic acids is 2. The maximum atomic E-state index is 12.0. The van der Waals surface area contributed by atoms with Gasteiger partial charge in [0, 0.05) is 24.6 Å². The maximum absolute atomic E-state index is 12.0. The molecule has 0 radical (unpaired) electrons. The van der Waals surface area contributed by atoms with Crippen molar-refractivity contribution >= 4 is 17.5 Å². The minimum absolute atomic E-state index is 0.129. The Morgan fingerprint density at radius 3 is 2.52 bits per heavy atom. The second kappa shape index (κ2) is 7.51. The highest BCUT2D eigenvalue weighted by Crippen LogP contribution is 2.36. The zero-order valence-electron chi connectivity index (χ0n) is 14.5. The largest absolute Gasteiger partial charge is 0.347 e. The molecule has 1 aromatic carbocycles. The third kappa shape index (κ3) is 4.68. The van der Waals surface area contributed by atoms with E-state index in [0.29, 0.717) is 18.8 Å². The lowest BCUT2D eigenvalue weighted by Gasteiger charge is -2.23. The average molecular weight is 340 g/mol. The van der Waals surface area contributed by atoms with E-state index < -0.39 is 11.8 Å². The van der Waals surface area contributed by atoms with E-state index in [0.717, 1.165) is 18.4 Å². The summed E-state index contributed by atoms with van der Waals surface area (Å²) in [7, 11) is 0. The number of aromatic nitrogens is 2. The van der Waals surface area contributed by atoms with Gasteiger partial charge in [-0.05, 0) is 42.0 Å². The first-order valence-electron chi connectivity index (χ1n) is 8.70. The van der Waals surface area contributed by atoms with Crippen LogP contribution in [-0.2, 0) is 16.1 Å². The lowest BCUT2D eigenvalue weighted by atomic mass is 9.89. The fraction of sp³-hybridized carbons (Fsp3) is 0.421. The molecule has 0 spiro atoms. The Labute approximate surface area is 147 Å². The van der Waals surface area contributed by atoms with Gasteiger partial charge in [-0.15, -0.1) is 0 Å². The SMILES string of the molecule is CC1(CNC(=O)C(=O)Nc2ccc(Cn3cccn3)cc2)CCCC1. The monoisotopic (exact) mass is 340 g/mol. The molecule has 1 aliphatic rings. The van der Waals surface area contributed by atoms with Crippen LogP contribution in [0.15, 0.2) is 42.7 Å². The van der Waals surface area contributed by atoms with Crippen molar-refractivity contribution in [3.63, 3.8) is 0 Å². The molecule has 1 aliphatic carbocycles. The summed E-state index contributed by atoms with van der Waals surface area (Å²) >= 11 is 0. The highest BCUT2D eigenvalue weighted by atomic mass is 16.2. The number of rotatable bonds is 5. The Morgan fingerprint density at radius 2 is 1.88 bits per heavy atom. The molecule has 2 amide bonds. The first-order chi connectivity index (χ1) is 12.0. The van der Waals surface area contributed by atoms with Crippen molar-refractivity contribution in [1.82, 2.24) is 15.1 Å². The number of hydrogen-bond acceptors (Lipinski definition) is 3. The fourth-order valence-electron chi connectivity index (χ4n) is 3.24. The molecule has 25 heavy (non-hydrogen) atoms. The van der Waals surface area contributed by atoms with Crippen molar-refractivity contribution in [3.05, 3.63) is 48.3 Å². The molecular formula is C19H24N4O2. The molecule has 1 fully saturated rings. The Morgan fingerprint density at radius 1 is 1.16 bits per heavy atom. The number of nitrogens with one attached hydrogen (secondary N) is 2. The molecule has 1 aromatic heterocycles. The number of nitrogens with zero attached hydrogens (tertiary/aromatic N) is 2. The topological polar surface area (TPSA) is 76.0 Å². The number of carbonyl (C=O) groups is 2. The predicted octanol–water partition coefficient (Wildman–Crippen LogP) is 2.57. The lowest BCUT2D eigenvalue weighted by molar-refractivity contribution is -0.136. The van der Waals surface area contributed by atoms with E-state index in [9.17, 15) is 9.59 Å². The first kappa shape index (κ1) is 17.2. The van der Waals surface area contributed by atoms with Gasteiger partial charge >= 0.3 is 11.8 Å². The summed E-state index contributed by atoms with van der Waals surface area (Å²) in [4.78, 5) is 24.0. The number of hydrogen-bond donors (Lipinski definition) is 2. The van der Waals surface area contributed by atoms with Crippen molar-refractivity contribution in [3.8, 4) is 0 Å². The molecule has 2 aromatic rings. The van der Waals surface area contributed by atoms with Crippen LogP contribution in [0.3, 0.4) is 0 Å². The Hall–Kier alpha value is -2.63. The van der Waals surface area contributed by atoms with E-state index in [2.05, 4.69) is 22.7 Å². The average Bonchev–Trinajstić information content (AvgIpc) is 3.27. The summed E-state index contributed by atoms with van der Waals surface area (Å²) in [5.41, 5.74) is 1.81. The number of anilines is 1. The summed E-state index contributed by atoms with van der Waals surface area (Å²) in [6.07, 6.45) is 8.23. The maximum Gasteiger partial charge on any atom is 0.313 e. The van der Waals surface area contributed by atoms with Gasteiger partial charge in [0.15, 0.2) is 0 Å². The van der Waals surface area contributed by atoms with E-state index in [1.54, 1.807) is 18.3 Å². The summed E-state index contributed by atoms with van der Waals surface area (Å²) in [6.45, 7) is 3.39. The van der Waals surface area contributed by atoms with E-state index in [4.69, 9.17) is 0 Å². The van der Waals surface area contributed by atoms with Gasteiger partial charge in [-0.2, -0.15) is 5.10 Å². The van der Waals surface area contributed by atoms with E-state index in [-0.39, 0.29) is 5.41 Å². The Balaban J connectivity index is 1.49. The van der Waals surface area contributed by atoms with Gasteiger partial charge in [-0.1, -0.05) is 31.9 Å². The Bertz CT molecular complexity index is 716. The molecule has 3 rings (SSSR count). The highest BCUT2D eigenvalue weighted by Gasteiger charge is 2.29. The summed E-state index contributed by atoms with van der Waals surface area (Å²) in [5, 5.41) is 9.56. The van der Waals surface area contributed by atoms with Gasteiger partial charge in [0.2, 0.25) is 0 Å². The predicted molar refractivity (Wildman–Crippen MR) is 96.0 cm³/mol. The summed E-state index contributed by atoms with van der Waals surface area (Å²) in [6, 6.07) is 9.29. The molecule has 1 saturated carbocycles. The zero-order chi connectivity index (χ0) is 17.7. The van der Waals surface area contributed by atoms with Gasteiger partial charge < -0.3 is 10.6 Å². The third-order valence-electron chi connectivity index (χ3n) is 4.81. The minimum Gasteiger partial charge on any atom is -0.347 e. The van der Waals surface area contributed by atoms with Gasteiger partial charge in [-0.25, -0.2) is 0 Å². The molecule has 0 unspecified atom stereocenters. The standard InChI is InChI=1S/C19H24N4O2/c1-19(9-2-3-10-19)14-20-17(24)18(25)22-16-7-5-15(6-8-16)13-23-12-4-11-21-23/h4-8,11-12H,2-3,9-10,13-14H2,1H3,(H,20,24)(H,22,25). The molecule has 6 heteroatoms. The van der Waals surface area contributed by atoms with Crippen molar-refractivity contribution < 1.29 is 9.59 Å². The second-order valence-electron chi connectivity index (χ2n) is 7.06. The van der Waals surface area contributed by atoms with Crippen LogP contribution < -0.4 is 10.6 Å². The van der Waals surface area contributed by atoms with Crippen LogP contribution in [0.4, 0.5) is 5.69 Å². The minimum atomic E-state index is -0.624. The van der Waals surface area contributed by atoms with Gasteiger partial charge in [0.05, 0.1) is 6.54 Å². The molecule has 0 saturated heterocycles. The van der Waals surface area contributed by atoms with Gasteiger partial charge in [-0.3, -0.25) is 14.3 Å². The molecule has 132 valence electrons. The smallest absolute Gasteiger partial charge is 0.313 e. The van der Waals surface area contributed by atoms with E-state index >= 15 is 0 Å². The van der Waals surface area contributed by atoms with E-state index in [1.165, 1.54) is 12.8 Å². The van der Waals surface area contributed by atoms with Crippen molar-refractivity contribution in [2.75, 3.05) is 11.9 Å². The number of benzene rings is 1. The second-order valence-corrected chi connectivity index (χ2v) is 7.06. The fourth-order valence-corrected chi connectivity index (χ4v) is 3.24. The first-order valence-corrected chi connectivity index (χ1v) is 8.70. The lowest BCUT2D eigenvalue weighted by Crippen LogP contribution is -2.40. The van der Waals surface area contributed by atoms with Crippen LogP contribution in [0, 0.1) is 5.41 Å². The molecule has 0 bridgehead atoms. The third-order valence-corrected chi connectivity index (χ3v) is 4.81.